The van der Waals surface area contributed by atoms with Crippen LogP contribution in [-0.2, 0) is 6.54 Å². The van der Waals surface area contributed by atoms with Gasteiger partial charge in [-0.3, -0.25) is 0 Å². The van der Waals surface area contributed by atoms with Crippen molar-refractivity contribution in [3.63, 3.8) is 0 Å². The smallest absolute Gasteiger partial charge is 0.123 e. The van der Waals surface area contributed by atoms with E-state index in [0.29, 0.717) is 13.2 Å². The van der Waals surface area contributed by atoms with Crippen molar-refractivity contribution in [2.45, 2.75) is 13.5 Å². The molecule has 0 unspecified atom stereocenters. The summed E-state index contributed by atoms with van der Waals surface area (Å²) in [6.45, 7) is 4.82. The number of rotatable bonds is 9. The molecule has 0 aliphatic rings. The summed E-state index contributed by atoms with van der Waals surface area (Å²) >= 11 is 0. The molecule has 0 saturated heterocycles. The van der Waals surface area contributed by atoms with Gasteiger partial charge in [-0.05, 0) is 24.7 Å². The Morgan fingerprint density at radius 3 is 2.50 bits per heavy atom. The van der Waals surface area contributed by atoms with E-state index in [4.69, 9.17) is 14.2 Å². The van der Waals surface area contributed by atoms with Crippen molar-refractivity contribution in [2.24, 2.45) is 0 Å². The molecule has 22 heavy (non-hydrogen) atoms. The van der Waals surface area contributed by atoms with Crippen LogP contribution in [-0.4, -0.2) is 26.9 Å². The predicted molar refractivity (Wildman–Crippen MR) is 87.8 cm³/mol. The minimum atomic E-state index is 0.489. The Balaban J connectivity index is 1.81. The van der Waals surface area contributed by atoms with Gasteiger partial charge in [-0.25, -0.2) is 0 Å². The zero-order valence-corrected chi connectivity index (χ0v) is 13.2. The summed E-state index contributed by atoms with van der Waals surface area (Å²) in [5, 5.41) is 3.31. The zero-order chi connectivity index (χ0) is 15.6. The molecule has 0 bridgehead atoms. The van der Waals surface area contributed by atoms with Crippen LogP contribution in [0.3, 0.4) is 0 Å². The number of hydrogen-bond acceptors (Lipinski definition) is 4. The van der Waals surface area contributed by atoms with Crippen LogP contribution in [0.25, 0.3) is 0 Å². The van der Waals surface area contributed by atoms with E-state index >= 15 is 0 Å². The van der Waals surface area contributed by atoms with Gasteiger partial charge < -0.3 is 19.5 Å². The highest BCUT2D eigenvalue weighted by molar-refractivity contribution is 5.34. The van der Waals surface area contributed by atoms with Gasteiger partial charge in [0, 0.05) is 18.2 Å². The van der Waals surface area contributed by atoms with E-state index in [-0.39, 0.29) is 0 Å². The van der Waals surface area contributed by atoms with Gasteiger partial charge in [0.25, 0.3) is 0 Å². The maximum Gasteiger partial charge on any atom is 0.123 e. The summed E-state index contributed by atoms with van der Waals surface area (Å²) in [6, 6.07) is 15.6. The Bertz CT molecular complexity index is 572. The predicted octanol–water partition coefficient (Wildman–Crippen LogP) is 3.26. The molecular weight excluding hydrogens is 278 g/mol. The Hall–Kier alpha value is -2.20. The molecule has 0 saturated carbocycles. The van der Waals surface area contributed by atoms with Crippen LogP contribution in [0.2, 0.25) is 0 Å². The standard InChI is InChI=1S/C18H23NO3/c1-3-19-14-15-7-4-5-10-18(15)22-12-11-21-17-9-6-8-16(13-17)20-2/h4-10,13,19H,3,11-12,14H2,1-2H3. The molecule has 4 nitrogen and oxygen atoms in total. The molecule has 1 N–H and O–H groups in total. The molecule has 0 heterocycles. The van der Waals surface area contributed by atoms with Crippen molar-refractivity contribution in [1.29, 1.82) is 0 Å². The minimum Gasteiger partial charge on any atom is -0.497 e. The fourth-order valence-electron chi connectivity index (χ4n) is 2.05. The molecule has 0 spiro atoms. The highest BCUT2D eigenvalue weighted by Gasteiger charge is 2.02. The van der Waals surface area contributed by atoms with Crippen LogP contribution in [0, 0.1) is 0 Å². The molecule has 2 aromatic rings. The third-order valence-electron chi connectivity index (χ3n) is 3.19. The lowest BCUT2D eigenvalue weighted by Gasteiger charge is -2.12. The first-order valence-electron chi connectivity index (χ1n) is 7.51. The van der Waals surface area contributed by atoms with Crippen LogP contribution < -0.4 is 19.5 Å². The number of benzene rings is 2. The number of methoxy groups -OCH3 is 1. The Kier molecular flexibility index (Phi) is 6.58. The van der Waals surface area contributed by atoms with Gasteiger partial charge in [0.2, 0.25) is 0 Å². The average Bonchev–Trinajstić information content (AvgIpc) is 2.58. The molecule has 0 aromatic heterocycles. The third-order valence-corrected chi connectivity index (χ3v) is 3.19. The SMILES string of the molecule is CCNCc1ccccc1OCCOc1cccc(OC)c1. The lowest BCUT2D eigenvalue weighted by molar-refractivity contribution is 0.215. The van der Waals surface area contributed by atoms with Gasteiger partial charge in [0.1, 0.15) is 30.5 Å². The molecule has 0 atom stereocenters. The minimum absolute atomic E-state index is 0.489. The van der Waals surface area contributed by atoms with Gasteiger partial charge in [0.05, 0.1) is 7.11 Å². The lowest BCUT2D eigenvalue weighted by atomic mass is 10.2. The molecule has 0 amide bonds. The van der Waals surface area contributed by atoms with Crippen LogP contribution in [0.15, 0.2) is 48.5 Å². The number of ether oxygens (including phenoxy) is 3. The second kappa shape index (κ2) is 8.95. The molecule has 0 aliphatic heterocycles. The quantitative estimate of drug-likeness (QED) is 0.722. The maximum absolute atomic E-state index is 5.82. The Morgan fingerprint density at radius 1 is 0.909 bits per heavy atom. The monoisotopic (exact) mass is 301 g/mol. The highest BCUT2D eigenvalue weighted by atomic mass is 16.5. The molecule has 2 rings (SSSR count). The van der Waals surface area contributed by atoms with E-state index in [1.807, 2.05) is 42.5 Å². The summed E-state index contributed by atoms with van der Waals surface area (Å²) in [5.74, 6) is 2.47. The first-order chi connectivity index (χ1) is 10.8. The van der Waals surface area contributed by atoms with Crippen molar-refractivity contribution in [3.05, 3.63) is 54.1 Å². The fraction of sp³-hybridized carbons (Fsp3) is 0.333. The lowest BCUT2D eigenvalue weighted by Crippen LogP contribution is -2.14. The van der Waals surface area contributed by atoms with Crippen LogP contribution in [0.1, 0.15) is 12.5 Å². The largest absolute Gasteiger partial charge is 0.497 e. The normalized spacial score (nSPS) is 10.3. The van der Waals surface area contributed by atoms with Crippen molar-refractivity contribution >= 4 is 0 Å². The van der Waals surface area contributed by atoms with Crippen molar-refractivity contribution in [2.75, 3.05) is 26.9 Å². The molecule has 2 aromatic carbocycles. The molecule has 0 fully saturated rings. The zero-order valence-electron chi connectivity index (χ0n) is 13.2. The first-order valence-corrected chi connectivity index (χ1v) is 7.51. The number of nitrogens with one attached hydrogen (secondary N) is 1. The van der Waals surface area contributed by atoms with Crippen molar-refractivity contribution < 1.29 is 14.2 Å². The van der Waals surface area contributed by atoms with Crippen LogP contribution >= 0.6 is 0 Å². The van der Waals surface area contributed by atoms with E-state index in [9.17, 15) is 0 Å². The van der Waals surface area contributed by atoms with Crippen molar-refractivity contribution in [1.82, 2.24) is 5.32 Å². The van der Waals surface area contributed by atoms with Gasteiger partial charge in [-0.2, -0.15) is 0 Å². The number of para-hydroxylation sites is 1. The third kappa shape index (κ3) is 4.97. The van der Waals surface area contributed by atoms with Crippen LogP contribution in [0.5, 0.6) is 17.2 Å². The van der Waals surface area contributed by atoms with Crippen LogP contribution in [0.4, 0.5) is 0 Å². The van der Waals surface area contributed by atoms with E-state index < -0.39 is 0 Å². The van der Waals surface area contributed by atoms with E-state index in [2.05, 4.69) is 18.3 Å². The van der Waals surface area contributed by atoms with E-state index in [1.54, 1.807) is 7.11 Å². The summed E-state index contributed by atoms with van der Waals surface area (Å²) in [4.78, 5) is 0. The summed E-state index contributed by atoms with van der Waals surface area (Å²) in [5.41, 5.74) is 1.16. The average molecular weight is 301 g/mol. The molecule has 4 heteroatoms. The molecule has 118 valence electrons. The molecular formula is C18H23NO3. The topological polar surface area (TPSA) is 39.7 Å². The highest BCUT2D eigenvalue weighted by Crippen LogP contribution is 2.20. The van der Waals surface area contributed by atoms with Gasteiger partial charge in [-0.15, -0.1) is 0 Å². The maximum atomic E-state index is 5.82. The Morgan fingerprint density at radius 2 is 1.68 bits per heavy atom. The fourth-order valence-corrected chi connectivity index (χ4v) is 2.05. The summed E-state index contributed by atoms with van der Waals surface area (Å²) in [7, 11) is 1.64. The summed E-state index contributed by atoms with van der Waals surface area (Å²) < 4.78 is 16.7. The van der Waals surface area contributed by atoms with Crippen molar-refractivity contribution in [3.8, 4) is 17.2 Å². The summed E-state index contributed by atoms with van der Waals surface area (Å²) in [6.07, 6.45) is 0. The van der Waals surface area contributed by atoms with E-state index in [0.717, 1.165) is 35.9 Å². The van der Waals surface area contributed by atoms with Gasteiger partial charge in [-0.1, -0.05) is 31.2 Å². The molecule has 0 aliphatic carbocycles. The number of hydrogen-bond donors (Lipinski definition) is 1. The second-order valence-electron chi connectivity index (χ2n) is 4.76. The Labute approximate surface area is 132 Å². The molecule has 0 radical (unpaired) electrons. The first kappa shape index (κ1) is 16.2. The second-order valence-corrected chi connectivity index (χ2v) is 4.76. The van der Waals surface area contributed by atoms with Gasteiger partial charge >= 0.3 is 0 Å². The van der Waals surface area contributed by atoms with E-state index in [1.165, 1.54) is 0 Å². The van der Waals surface area contributed by atoms with Gasteiger partial charge in [0.15, 0.2) is 0 Å².